The molecule has 1 aliphatic carbocycles. The molecule has 1 aromatic heterocycles. The van der Waals surface area contributed by atoms with E-state index < -0.39 is 0 Å². The van der Waals surface area contributed by atoms with Gasteiger partial charge in [0.2, 0.25) is 5.91 Å². The van der Waals surface area contributed by atoms with Gasteiger partial charge in [-0.3, -0.25) is 4.79 Å². The Bertz CT molecular complexity index is 746. The lowest BCUT2D eigenvalue weighted by molar-refractivity contribution is -0.121. The number of carbonyl (C=O) groups is 1. The Hall–Kier alpha value is -1.82. The van der Waals surface area contributed by atoms with Gasteiger partial charge in [0, 0.05) is 18.7 Å². The fraction of sp³-hybridized carbons (Fsp3) is 0.550. The zero-order valence-electron chi connectivity index (χ0n) is 16.0. The van der Waals surface area contributed by atoms with E-state index in [4.69, 9.17) is 0 Å². The molecule has 2 aromatic rings. The lowest BCUT2D eigenvalue weighted by Gasteiger charge is -2.35. The molecule has 26 heavy (non-hydrogen) atoms. The molecule has 1 aromatic carbocycles. The van der Waals surface area contributed by atoms with Gasteiger partial charge in [-0.25, -0.2) is 0 Å². The molecule has 5 nitrogen and oxygen atoms in total. The Kier molecular flexibility index (Phi) is 6.01. The first-order valence-corrected chi connectivity index (χ1v) is 10.3. The molecule has 1 aliphatic rings. The summed E-state index contributed by atoms with van der Waals surface area (Å²) in [6.45, 7) is 6.47. The molecular formula is C20H28N4OS. The number of rotatable bonds is 5. The van der Waals surface area contributed by atoms with Gasteiger partial charge in [-0.2, -0.15) is 0 Å². The fourth-order valence-electron chi connectivity index (χ4n) is 3.55. The van der Waals surface area contributed by atoms with Gasteiger partial charge in [0.05, 0.1) is 5.25 Å². The first kappa shape index (κ1) is 19.0. The molecule has 0 aliphatic heterocycles. The van der Waals surface area contributed by atoms with Crippen molar-refractivity contribution < 1.29 is 4.79 Å². The number of benzene rings is 1. The second kappa shape index (κ2) is 8.25. The topological polar surface area (TPSA) is 59.8 Å². The van der Waals surface area contributed by atoms with Crippen LogP contribution >= 0.6 is 11.8 Å². The first-order valence-electron chi connectivity index (χ1n) is 9.39. The van der Waals surface area contributed by atoms with E-state index in [1.54, 1.807) is 0 Å². The molecule has 1 heterocycles. The molecule has 0 saturated heterocycles. The van der Waals surface area contributed by atoms with Crippen molar-refractivity contribution >= 4 is 17.7 Å². The van der Waals surface area contributed by atoms with Crippen LogP contribution in [0.2, 0.25) is 0 Å². The average Bonchev–Trinajstić information content (AvgIpc) is 3.00. The Morgan fingerprint density at radius 1 is 1.23 bits per heavy atom. The van der Waals surface area contributed by atoms with Gasteiger partial charge in [-0.1, -0.05) is 68.8 Å². The minimum Gasteiger partial charge on any atom is -0.352 e. The molecule has 0 radical (unpaired) electrons. The summed E-state index contributed by atoms with van der Waals surface area (Å²) in [5.41, 5.74) is 1.02. The van der Waals surface area contributed by atoms with Crippen molar-refractivity contribution in [1.82, 2.24) is 20.1 Å². The molecule has 4 atom stereocenters. The third kappa shape index (κ3) is 4.11. The zero-order valence-corrected chi connectivity index (χ0v) is 16.8. The second-order valence-corrected chi connectivity index (χ2v) is 8.68. The maximum atomic E-state index is 12.7. The van der Waals surface area contributed by atoms with Crippen molar-refractivity contribution in [2.75, 3.05) is 0 Å². The summed E-state index contributed by atoms with van der Waals surface area (Å²) in [5, 5.41) is 12.4. The van der Waals surface area contributed by atoms with Gasteiger partial charge < -0.3 is 9.88 Å². The van der Waals surface area contributed by atoms with Crippen LogP contribution in [0.25, 0.3) is 11.4 Å². The largest absolute Gasteiger partial charge is 0.352 e. The Balaban J connectivity index is 1.64. The highest BCUT2D eigenvalue weighted by atomic mass is 32.2. The van der Waals surface area contributed by atoms with Crippen LogP contribution in [0, 0.1) is 11.8 Å². The number of nitrogens with one attached hydrogen (secondary N) is 1. The molecular weight excluding hydrogens is 344 g/mol. The lowest BCUT2D eigenvalue weighted by atomic mass is 9.78. The van der Waals surface area contributed by atoms with Gasteiger partial charge in [0.25, 0.3) is 0 Å². The summed E-state index contributed by atoms with van der Waals surface area (Å²) in [5.74, 6) is 2.11. The SMILES string of the molecule is C[C@@H]1[C@H](C)CCC[C@@H]1NC(=O)[C@@H](C)Sc1nnc(-c2ccccc2)n1C. The molecule has 3 rings (SSSR count). The second-order valence-electron chi connectivity index (χ2n) is 7.37. The van der Waals surface area contributed by atoms with Crippen molar-refractivity contribution in [3.8, 4) is 11.4 Å². The minimum absolute atomic E-state index is 0.0882. The monoisotopic (exact) mass is 372 g/mol. The Morgan fingerprint density at radius 3 is 2.69 bits per heavy atom. The zero-order chi connectivity index (χ0) is 18.7. The van der Waals surface area contributed by atoms with Gasteiger partial charge in [-0.05, 0) is 25.2 Å². The molecule has 0 unspecified atom stereocenters. The summed E-state index contributed by atoms with van der Waals surface area (Å²) >= 11 is 1.46. The number of nitrogens with zero attached hydrogens (tertiary/aromatic N) is 3. The lowest BCUT2D eigenvalue weighted by Crippen LogP contribution is -2.46. The van der Waals surface area contributed by atoms with E-state index in [2.05, 4.69) is 29.4 Å². The van der Waals surface area contributed by atoms with Crippen LogP contribution in [-0.2, 0) is 11.8 Å². The van der Waals surface area contributed by atoms with E-state index in [0.29, 0.717) is 11.8 Å². The summed E-state index contributed by atoms with van der Waals surface area (Å²) in [4.78, 5) is 12.7. The van der Waals surface area contributed by atoms with E-state index in [1.807, 2.05) is 48.9 Å². The molecule has 6 heteroatoms. The third-order valence-electron chi connectivity index (χ3n) is 5.55. The summed E-state index contributed by atoms with van der Waals surface area (Å²) in [7, 11) is 1.94. The van der Waals surface area contributed by atoms with E-state index in [9.17, 15) is 4.79 Å². The highest BCUT2D eigenvalue weighted by molar-refractivity contribution is 8.00. The molecule has 0 bridgehead atoms. The maximum Gasteiger partial charge on any atom is 0.233 e. The van der Waals surface area contributed by atoms with Gasteiger partial charge in [0.15, 0.2) is 11.0 Å². The van der Waals surface area contributed by atoms with Crippen LogP contribution in [-0.4, -0.2) is 32.0 Å². The fourth-order valence-corrected chi connectivity index (χ4v) is 4.38. The Morgan fingerprint density at radius 2 is 1.96 bits per heavy atom. The van der Waals surface area contributed by atoms with Crippen LogP contribution in [0.4, 0.5) is 0 Å². The molecule has 1 fully saturated rings. The van der Waals surface area contributed by atoms with Crippen molar-refractivity contribution in [2.45, 2.75) is 56.5 Å². The highest BCUT2D eigenvalue weighted by Crippen LogP contribution is 2.30. The van der Waals surface area contributed by atoms with E-state index in [0.717, 1.165) is 23.0 Å². The van der Waals surface area contributed by atoms with Crippen LogP contribution in [0.3, 0.4) is 0 Å². The smallest absolute Gasteiger partial charge is 0.233 e. The third-order valence-corrected chi connectivity index (χ3v) is 6.69. The number of amides is 1. The predicted molar refractivity (Wildman–Crippen MR) is 106 cm³/mol. The molecule has 1 amide bonds. The summed E-state index contributed by atoms with van der Waals surface area (Å²) in [6.07, 6.45) is 3.54. The molecule has 0 spiro atoms. The number of hydrogen-bond acceptors (Lipinski definition) is 4. The van der Waals surface area contributed by atoms with Gasteiger partial charge >= 0.3 is 0 Å². The average molecular weight is 373 g/mol. The van der Waals surface area contributed by atoms with Crippen LogP contribution in [0.15, 0.2) is 35.5 Å². The number of carbonyl (C=O) groups excluding carboxylic acids is 1. The predicted octanol–water partition coefficient (Wildman–Crippen LogP) is 3.90. The van der Waals surface area contributed by atoms with Crippen LogP contribution < -0.4 is 5.32 Å². The summed E-state index contributed by atoms with van der Waals surface area (Å²) < 4.78 is 1.95. The number of aromatic nitrogens is 3. The standard InChI is InChI=1S/C20H28N4OS/c1-13-9-8-12-17(14(13)2)21-19(25)15(3)26-20-23-22-18(24(20)4)16-10-6-5-7-11-16/h5-7,10-11,13-15,17H,8-9,12H2,1-4H3,(H,21,25)/t13-,14-,15-,17+/m1/s1. The molecule has 140 valence electrons. The van der Waals surface area contributed by atoms with Gasteiger partial charge in [0.1, 0.15) is 0 Å². The molecule has 1 N–H and O–H groups in total. The van der Waals surface area contributed by atoms with E-state index in [1.165, 1.54) is 24.6 Å². The van der Waals surface area contributed by atoms with Crippen molar-refractivity contribution in [3.05, 3.63) is 30.3 Å². The Labute approximate surface area is 160 Å². The number of thioether (sulfide) groups is 1. The van der Waals surface area contributed by atoms with Crippen molar-refractivity contribution in [3.63, 3.8) is 0 Å². The normalized spacial score (nSPS) is 24.2. The van der Waals surface area contributed by atoms with Gasteiger partial charge in [-0.15, -0.1) is 10.2 Å². The minimum atomic E-state index is -0.203. The number of hydrogen-bond donors (Lipinski definition) is 1. The highest BCUT2D eigenvalue weighted by Gasteiger charge is 2.29. The maximum absolute atomic E-state index is 12.7. The quantitative estimate of drug-likeness (QED) is 0.809. The first-order chi connectivity index (χ1) is 12.5. The van der Waals surface area contributed by atoms with E-state index >= 15 is 0 Å². The van der Waals surface area contributed by atoms with Crippen LogP contribution in [0.5, 0.6) is 0 Å². The van der Waals surface area contributed by atoms with E-state index in [-0.39, 0.29) is 17.2 Å². The summed E-state index contributed by atoms with van der Waals surface area (Å²) in [6, 6.07) is 10.3. The van der Waals surface area contributed by atoms with Crippen LogP contribution in [0.1, 0.15) is 40.0 Å². The molecule has 1 saturated carbocycles. The van der Waals surface area contributed by atoms with Crippen molar-refractivity contribution in [2.24, 2.45) is 18.9 Å². The van der Waals surface area contributed by atoms with Crippen molar-refractivity contribution in [1.29, 1.82) is 0 Å².